The van der Waals surface area contributed by atoms with Crippen molar-refractivity contribution in [2.24, 2.45) is 5.73 Å². The predicted octanol–water partition coefficient (Wildman–Crippen LogP) is 10.5. The van der Waals surface area contributed by atoms with Gasteiger partial charge < -0.3 is 21.1 Å². The van der Waals surface area contributed by atoms with Crippen molar-refractivity contribution in [2.45, 2.75) is 161 Å². The quantitative estimate of drug-likeness (QED) is 0.0291. The molecule has 0 aromatic heterocycles. The molecule has 50 heavy (non-hydrogen) atoms. The Labute approximate surface area is 306 Å². The number of phosphoric ester groups is 1. The molecule has 0 aliphatic heterocycles. The maximum absolute atomic E-state index is 12.7. The summed E-state index contributed by atoms with van der Waals surface area (Å²) in [6.07, 6.45) is 46.3. The molecule has 0 aromatic carbocycles. The number of carbonyl (C=O) groups is 1. The average Bonchev–Trinajstić information content (AvgIpc) is 3.10. The number of hydrogen-bond acceptors (Lipinski definition) is 6. The highest BCUT2D eigenvalue weighted by Crippen LogP contribution is 2.43. The summed E-state index contributed by atoms with van der Waals surface area (Å²) in [5.74, 6) is -0.248. The number of nitrogens with two attached hydrogens (primary N) is 1. The standard InChI is InChI=1S/C41H73N2O6P/c1-3-5-7-9-11-13-15-17-18-19-20-21-22-23-25-27-29-31-33-35-41(45)43-39(38-49-50(46,47)48-37-36-42)40(44)34-32-30-28-26-24-16-14-12-10-8-6-4-2/h5,7,11,13,17-18,20-21,23,25,29,31,39-40,44H,3-4,6,8-10,12,14-16,19,22,24,26-28,30,32-38,42H2,1-2H3,(H,43,45)(H,46,47)/b7-5-,13-11-,18-17-,21-20-,25-23-,31-29-. The smallest absolute Gasteiger partial charge is 0.391 e. The lowest BCUT2D eigenvalue weighted by Crippen LogP contribution is -2.46. The molecule has 0 fully saturated rings. The first-order valence-electron chi connectivity index (χ1n) is 19.6. The number of unbranched alkanes of at least 4 members (excludes halogenated alkanes) is 11. The van der Waals surface area contributed by atoms with Crippen molar-refractivity contribution in [3.63, 3.8) is 0 Å². The first kappa shape index (κ1) is 47.9. The predicted molar refractivity (Wildman–Crippen MR) is 212 cm³/mol. The summed E-state index contributed by atoms with van der Waals surface area (Å²) in [6, 6.07) is -0.817. The van der Waals surface area contributed by atoms with E-state index < -0.39 is 20.0 Å². The van der Waals surface area contributed by atoms with E-state index in [1.54, 1.807) is 0 Å². The van der Waals surface area contributed by atoms with Crippen LogP contribution in [-0.4, -0.2) is 47.8 Å². The zero-order valence-electron chi connectivity index (χ0n) is 31.6. The van der Waals surface area contributed by atoms with Gasteiger partial charge in [0, 0.05) is 13.0 Å². The van der Waals surface area contributed by atoms with Gasteiger partial charge in [-0.2, -0.15) is 0 Å². The number of carbonyl (C=O) groups excluding carboxylic acids is 1. The first-order chi connectivity index (χ1) is 24.4. The minimum absolute atomic E-state index is 0.0737. The molecule has 0 radical (unpaired) electrons. The Morgan fingerprint density at radius 1 is 0.680 bits per heavy atom. The molecule has 3 atom stereocenters. The summed E-state index contributed by atoms with van der Waals surface area (Å²) in [4.78, 5) is 22.6. The minimum atomic E-state index is -4.33. The Bertz CT molecular complexity index is 1010. The Hall–Kier alpha value is -2.06. The van der Waals surface area contributed by atoms with Crippen LogP contribution in [-0.2, 0) is 18.4 Å². The third-order valence-electron chi connectivity index (χ3n) is 8.09. The summed E-state index contributed by atoms with van der Waals surface area (Å²) >= 11 is 0. The molecule has 0 aliphatic rings. The van der Waals surface area contributed by atoms with E-state index in [0.717, 1.165) is 57.8 Å². The molecule has 8 nitrogen and oxygen atoms in total. The molecule has 9 heteroatoms. The molecule has 1 amide bonds. The molecule has 0 heterocycles. The zero-order valence-corrected chi connectivity index (χ0v) is 32.5. The SMILES string of the molecule is CC/C=C\C/C=C\C/C=C\C/C=C\C/C=C\C/C=C\CCC(=O)NC(COP(=O)(O)OCCN)C(O)CCCCCCCCCCCCCC. The molecule has 5 N–H and O–H groups in total. The minimum Gasteiger partial charge on any atom is -0.391 e. The Balaban J connectivity index is 4.39. The lowest BCUT2D eigenvalue weighted by Gasteiger charge is -2.25. The zero-order chi connectivity index (χ0) is 36.8. The third-order valence-corrected chi connectivity index (χ3v) is 9.07. The van der Waals surface area contributed by atoms with Crippen molar-refractivity contribution >= 4 is 13.7 Å². The topological polar surface area (TPSA) is 131 Å². The lowest BCUT2D eigenvalue weighted by atomic mass is 10.0. The number of rotatable bonds is 35. The number of aliphatic hydroxyl groups excluding tert-OH is 1. The van der Waals surface area contributed by atoms with Gasteiger partial charge in [0.2, 0.25) is 5.91 Å². The summed E-state index contributed by atoms with van der Waals surface area (Å²) in [7, 11) is -4.33. The van der Waals surface area contributed by atoms with E-state index in [9.17, 15) is 19.4 Å². The Kier molecular flexibility index (Phi) is 35.2. The molecule has 0 saturated carbocycles. The highest BCUT2D eigenvalue weighted by atomic mass is 31.2. The van der Waals surface area contributed by atoms with E-state index in [1.165, 1.54) is 57.8 Å². The van der Waals surface area contributed by atoms with Crippen LogP contribution in [0.25, 0.3) is 0 Å². The van der Waals surface area contributed by atoms with Gasteiger partial charge in [0.1, 0.15) is 0 Å². The molecule has 0 spiro atoms. The van der Waals surface area contributed by atoms with Crippen LogP contribution in [0, 0.1) is 0 Å². The maximum Gasteiger partial charge on any atom is 0.472 e. The van der Waals surface area contributed by atoms with Gasteiger partial charge in [0.05, 0.1) is 25.4 Å². The summed E-state index contributed by atoms with van der Waals surface area (Å²) in [5.41, 5.74) is 5.36. The van der Waals surface area contributed by atoms with Crippen molar-refractivity contribution in [1.29, 1.82) is 0 Å². The molecule has 0 aliphatic carbocycles. The van der Waals surface area contributed by atoms with E-state index in [2.05, 4.69) is 79.9 Å². The molecule has 0 bridgehead atoms. The normalized spacial score (nSPS) is 15.1. The second kappa shape index (κ2) is 36.7. The van der Waals surface area contributed by atoms with Gasteiger partial charge in [0.15, 0.2) is 0 Å². The van der Waals surface area contributed by atoms with Crippen LogP contribution >= 0.6 is 7.82 Å². The molecular formula is C41H73N2O6P. The average molecular weight is 721 g/mol. The van der Waals surface area contributed by atoms with Crippen LogP contribution in [0.2, 0.25) is 0 Å². The van der Waals surface area contributed by atoms with Gasteiger partial charge in [-0.05, 0) is 51.4 Å². The highest BCUT2D eigenvalue weighted by molar-refractivity contribution is 7.47. The molecule has 3 unspecified atom stereocenters. The van der Waals surface area contributed by atoms with Crippen molar-refractivity contribution in [3.8, 4) is 0 Å². The van der Waals surface area contributed by atoms with Crippen LogP contribution in [0.5, 0.6) is 0 Å². The van der Waals surface area contributed by atoms with Crippen LogP contribution in [0.3, 0.4) is 0 Å². The van der Waals surface area contributed by atoms with E-state index in [4.69, 9.17) is 14.8 Å². The summed E-state index contributed by atoms with van der Waals surface area (Å²) < 4.78 is 22.1. The maximum atomic E-state index is 12.7. The highest BCUT2D eigenvalue weighted by Gasteiger charge is 2.27. The van der Waals surface area contributed by atoms with Gasteiger partial charge in [-0.3, -0.25) is 13.8 Å². The molecule has 0 rings (SSSR count). The van der Waals surface area contributed by atoms with Gasteiger partial charge in [-0.1, -0.05) is 164 Å². The van der Waals surface area contributed by atoms with Crippen LogP contribution in [0.1, 0.15) is 149 Å². The van der Waals surface area contributed by atoms with Gasteiger partial charge >= 0.3 is 7.82 Å². The number of allylic oxidation sites excluding steroid dienone is 12. The van der Waals surface area contributed by atoms with Gasteiger partial charge in [-0.15, -0.1) is 0 Å². The largest absolute Gasteiger partial charge is 0.472 e. The third kappa shape index (κ3) is 34.4. The van der Waals surface area contributed by atoms with Crippen molar-refractivity contribution in [1.82, 2.24) is 5.32 Å². The van der Waals surface area contributed by atoms with E-state index >= 15 is 0 Å². The fourth-order valence-corrected chi connectivity index (χ4v) is 5.92. The number of nitrogens with one attached hydrogen (secondary N) is 1. The Morgan fingerprint density at radius 3 is 1.58 bits per heavy atom. The summed E-state index contributed by atoms with van der Waals surface area (Å²) in [5, 5.41) is 13.7. The second-order valence-electron chi connectivity index (χ2n) is 12.8. The molecule has 0 saturated heterocycles. The van der Waals surface area contributed by atoms with Crippen molar-refractivity contribution < 1.29 is 28.4 Å². The van der Waals surface area contributed by atoms with Gasteiger partial charge in [-0.25, -0.2) is 4.57 Å². The van der Waals surface area contributed by atoms with Crippen LogP contribution in [0.15, 0.2) is 72.9 Å². The van der Waals surface area contributed by atoms with Crippen LogP contribution in [0.4, 0.5) is 0 Å². The van der Waals surface area contributed by atoms with Crippen LogP contribution < -0.4 is 11.1 Å². The van der Waals surface area contributed by atoms with Crippen molar-refractivity contribution in [3.05, 3.63) is 72.9 Å². The lowest BCUT2D eigenvalue weighted by molar-refractivity contribution is -0.123. The van der Waals surface area contributed by atoms with E-state index in [0.29, 0.717) is 12.8 Å². The molecular weight excluding hydrogens is 647 g/mol. The first-order valence-corrected chi connectivity index (χ1v) is 21.0. The van der Waals surface area contributed by atoms with E-state index in [1.807, 2.05) is 12.2 Å². The number of amides is 1. The second-order valence-corrected chi connectivity index (χ2v) is 14.2. The monoisotopic (exact) mass is 721 g/mol. The number of hydrogen-bond donors (Lipinski definition) is 4. The van der Waals surface area contributed by atoms with E-state index in [-0.39, 0.29) is 32.1 Å². The number of phosphoric acid groups is 1. The molecule has 0 aromatic rings. The Morgan fingerprint density at radius 2 is 1.12 bits per heavy atom. The summed E-state index contributed by atoms with van der Waals surface area (Å²) in [6.45, 7) is 4.00. The number of aliphatic hydroxyl groups is 1. The van der Waals surface area contributed by atoms with Crippen molar-refractivity contribution in [2.75, 3.05) is 19.8 Å². The van der Waals surface area contributed by atoms with Gasteiger partial charge in [0.25, 0.3) is 0 Å². The fraction of sp³-hybridized carbons (Fsp3) is 0.683. The fourth-order valence-electron chi connectivity index (χ4n) is 5.16. The molecule has 288 valence electrons.